The van der Waals surface area contributed by atoms with Gasteiger partial charge in [-0.2, -0.15) is 0 Å². The Labute approximate surface area is 245 Å². The van der Waals surface area contributed by atoms with Gasteiger partial charge in [0.2, 0.25) is 21.8 Å². The molecule has 0 aliphatic rings. The van der Waals surface area contributed by atoms with Crippen molar-refractivity contribution in [3.8, 4) is 0 Å². The van der Waals surface area contributed by atoms with E-state index in [9.17, 15) is 18.0 Å². The average molecular weight is 578 g/mol. The maximum Gasteiger partial charge on any atom is 0.243 e. The highest BCUT2D eigenvalue weighted by molar-refractivity contribution is 7.92. The molecule has 0 aromatic heterocycles. The maximum absolute atomic E-state index is 13.9. The van der Waals surface area contributed by atoms with E-state index in [1.807, 2.05) is 94.4 Å². The Kier molecular flexibility index (Phi) is 11.5. The topological polar surface area (TPSA) is 86.8 Å². The lowest BCUT2D eigenvalue weighted by molar-refractivity contribution is -0.141. The number of benzene rings is 3. The van der Waals surface area contributed by atoms with Crippen LogP contribution < -0.4 is 9.62 Å². The third kappa shape index (κ3) is 9.46. The zero-order valence-corrected chi connectivity index (χ0v) is 25.7. The van der Waals surface area contributed by atoms with Gasteiger partial charge in [-0.1, -0.05) is 73.2 Å². The van der Waals surface area contributed by atoms with Crippen molar-refractivity contribution in [3.05, 3.63) is 101 Å². The van der Waals surface area contributed by atoms with Gasteiger partial charge in [-0.25, -0.2) is 8.42 Å². The van der Waals surface area contributed by atoms with Crippen molar-refractivity contribution in [3.63, 3.8) is 0 Å². The highest BCUT2D eigenvalue weighted by Crippen LogP contribution is 2.23. The summed E-state index contributed by atoms with van der Waals surface area (Å²) in [6.07, 6.45) is 2.77. The molecule has 0 aliphatic carbocycles. The number of nitrogens with one attached hydrogen (secondary N) is 1. The van der Waals surface area contributed by atoms with Gasteiger partial charge in [-0.05, 0) is 68.0 Å². The van der Waals surface area contributed by atoms with E-state index < -0.39 is 16.1 Å². The Balaban J connectivity index is 1.88. The second-order valence-electron chi connectivity index (χ2n) is 10.7. The first kappa shape index (κ1) is 31.9. The minimum atomic E-state index is -3.56. The molecule has 1 N–H and O–H groups in total. The lowest BCUT2D eigenvalue weighted by Gasteiger charge is -2.32. The van der Waals surface area contributed by atoms with Gasteiger partial charge < -0.3 is 10.2 Å². The molecule has 1 atom stereocenters. The quantitative estimate of drug-likeness (QED) is 0.281. The lowest BCUT2D eigenvalue weighted by Crippen LogP contribution is -2.50. The number of hydrogen-bond acceptors (Lipinski definition) is 4. The van der Waals surface area contributed by atoms with E-state index in [1.165, 1.54) is 10.6 Å². The van der Waals surface area contributed by atoms with Gasteiger partial charge in [0, 0.05) is 32.5 Å². The van der Waals surface area contributed by atoms with Crippen LogP contribution in [-0.2, 0) is 32.6 Å². The standard InChI is InChI=1S/C33H43N3O4S/c1-6-19-34-33(38)31(23-28-13-8-7-9-14-28)35(24-29-15-10-12-25(2)21-29)32(37)16-11-20-36(41(5,39)40)30-18-17-26(3)27(4)22-30/h7-10,12-15,17-18,21-22,31H,6,11,16,19-20,23-24H2,1-5H3,(H,34,38). The highest BCUT2D eigenvalue weighted by Gasteiger charge is 2.30. The van der Waals surface area contributed by atoms with Gasteiger partial charge in [0.1, 0.15) is 6.04 Å². The molecule has 0 aliphatic heterocycles. The monoisotopic (exact) mass is 577 g/mol. The van der Waals surface area contributed by atoms with Gasteiger partial charge in [0.05, 0.1) is 11.9 Å². The fourth-order valence-electron chi connectivity index (χ4n) is 4.81. The molecule has 3 aromatic rings. The molecule has 0 fully saturated rings. The zero-order chi connectivity index (χ0) is 30.0. The van der Waals surface area contributed by atoms with Crippen LogP contribution in [0.1, 0.15) is 54.0 Å². The summed E-state index contributed by atoms with van der Waals surface area (Å²) in [7, 11) is -3.56. The van der Waals surface area contributed by atoms with Crippen molar-refractivity contribution in [2.75, 3.05) is 23.7 Å². The van der Waals surface area contributed by atoms with E-state index in [4.69, 9.17) is 0 Å². The predicted molar refractivity (Wildman–Crippen MR) is 166 cm³/mol. The van der Waals surface area contributed by atoms with Crippen molar-refractivity contribution in [2.24, 2.45) is 0 Å². The fourth-order valence-corrected chi connectivity index (χ4v) is 5.77. The number of anilines is 1. The zero-order valence-electron chi connectivity index (χ0n) is 24.9. The predicted octanol–water partition coefficient (Wildman–Crippen LogP) is 5.32. The van der Waals surface area contributed by atoms with Crippen LogP contribution >= 0.6 is 0 Å². The number of carbonyl (C=O) groups excluding carboxylic acids is 2. The van der Waals surface area contributed by atoms with Gasteiger partial charge >= 0.3 is 0 Å². The molecule has 0 heterocycles. The summed E-state index contributed by atoms with van der Waals surface area (Å²) >= 11 is 0. The Hall–Kier alpha value is -3.65. The van der Waals surface area contributed by atoms with E-state index in [2.05, 4.69) is 5.32 Å². The smallest absolute Gasteiger partial charge is 0.243 e. The third-order valence-corrected chi connectivity index (χ3v) is 8.38. The first-order valence-corrected chi connectivity index (χ1v) is 16.1. The summed E-state index contributed by atoms with van der Waals surface area (Å²) < 4.78 is 26.7. The Bertz CT molecular complexity index is 1420. The number of hydrogen-bond donors (Lipinski definition) is 1. The van der Waals surface area contributed by atoms with Crippen LogP contribution in [0.2, 0.25) is 0 Å². The molecule has 7 nitrogen and oxygen atoms in total. The summed E-state index contributed by atoms with van der Waals surface area (Å²) in [5.74, 6) is -0.378. The molecule has 2 amide bonds. The first-order chi connectivity index (χ1) is 19.5. The van der Waals surface area contributed by atoms with Gasteiger partial charge in [0.25, 0.3) is 0 Å². The molecular weight excluding hydrogens is 534 g/mol. The SMILES string of the molecule is CCCNC(=O)C(Cc1ccccc1)N(Cc1cccc(C)c1)C(=O)CCCN(c1ccc(C)c(C)c1)S(C)(=O)=O. The highest BCUT2D eigenvalue weighted by atomic mass is 32.2. The molecule has 0 saturated carbocycles. The van der Waals surface area contributed by atoms with Crippen LogP contribution in [0.15, 0.2) is 72.8 Å². The second-order valence-corrected chi connectivity index (χ2v) is 12.6. The minimum Gasteiger partial charge on any atom is -0.354 e. The van der Waals surface area contributed by atoms with Crippen molar-refractivity contribution < 1.29 is 18.0 Å². The van der Waals surface area contributed by atoms with Crippen molar-refractivity contribution in [1.29, 1.82) is 0 Å². The molecule has 3 aromatic carbocycles. The van der Waals surface area contributed by atoms with Gasteiger partial charge in [-0.15, -0.1) is 0 Å². The van der Waals surface area contributed by atoms with E-state index in [0.717, 1.165) is 34.2 Å². The van der Waals surface area contributed by atoms with Crippen LogP contribution in [0.3, 0.4) is 0 Å². The molecule has 0 saturated heterocycles. The summed E-state index contributed by atoms with van der Waals surface area (Å²) in [5.41, 5.74) is 5.63. The second kappa shape index (κ2) is 14.8. The Morgan fingerprint density at radius 1 is 0.878 bits per heavy atom. The van der Waals surface area contributed by atoms with Gasteiger partial charge in [-0.3, -0.25) is 13.9 Å². The fraction of sp³-hybridized carbons (Fsp3) is 0.394. The van der Waals surface area contributed by atoms with Crippen molar-refractivity contribution in [2.45, 2.75) is 66.0 Å². The van der Waals surface area contributed by atoms with Crippen LogP contribution in [0.5, 0.6) is 0 Å². The minimum absolute atomic E-state index is 0.106. The molecular formula is C33H43N3O4S. The van der Waals surface area contributed by atoms with Crippen LogP contribution in [0.4, 0.5) is 5.69 Å². The van der Waals surface area contributed by atoms with Crippen LogP contribution in [-0.4, -0.2) is 50.5 Å². The molecule has 1 unspecified atom stereocenters. The molecule has 41 heavy (non-hydrogen) atoms. The van der Waals surface area contributed by atoms with Crippen molar-refractivity contribution in [1.82, 2.24) is 10.2 Å². The number of rotatable bonds is 14. The van der Waals surface area contributed by atoms with E-state index in [-0.39, 0.29) is 31.3 Å². The maximum atomic E-state index is 13.9. The van der Waals surface area contributed by atoms with Crippen molar-refractivity contribution >= 4 is 27.5 Å². The number of amides is 2. The van der Waals surface area contributed by atoms with Gasteiger partial charge in [0.15, 0.2) is 0 Å². The molecule has 3 rings (SSSR count). The van der Waals surface area contributed by atoms with Crippen LogP contribution in [0, 0.1) is 20.8 Å². The third-order valence-electron chi connectivity index (χ3n) is 7.19. The normalized spacial score (nSPS) is 12.0. The Morgan fingerprint density at radius 3 is 2.22 bits per heavy atom. The molecule has 220 valence electrons. The van der Waals surface area contributed by atoms with E-state index in [0.29, 0.717) is 25.1 Å². The Morgan fingerprint density at radius 2 is 1.59 bits per heavy atom. The van der Waals surface area contributed by atoms with E-state index in [1.54, 1.807) is 11.0 Å². The largest absolute Gasteiger partial charge is 0.354 e. The number of carbonyl (C=O) groups is 2. The summed E-state index contributed by atoms with van der Waals surface area (Å²) in [6, 6.07) is 22.5. The average Bonchev–Trinajstić information content (AvgIpc) is 2.93. The lowest BCUT2D eigenvalue weighted by atomic mass is 10.0. The first-order valence-electron chi connectivity index (χ1n) is 14.2. The number of sulfonamides is 1. The summed E-state index contributed by atoms with van der Waals surface area (Å²) in [4.78, 5) is 29.0. The summed E-state index contributed by atoms with van der Waals surface area (Å²) in [6.45, 7) is 8.89. The molecule has 0 spiro atoms. The van der Waals surface area contributed by atoms with E-state index >= 15 is 0 Å². The number of nitrogens with zero attached hydrogens (tertiary/aromatic N) is 2. The van der Waals surface area contributed by atoms with Crippen LogP contribution in [0.25, 0.3) is 0 Å². The molecule has 0 bridgehead atoms. The number of aryl methyl sites for hydroxylation is 3. The molecule has 8 heteroatoms. The summed E-state index contributed by atoms with van der Waals surface area (Å²) in [5, 5.41) is 2.99. The molecule has 0 radical (unpaired) electrons.